The molecule has 31 heavy (non-hydrogen) atoms. The average molecular weight is 429 g/mol. The van der Waals surface area contributed by atoms with Crippen LogP contribution in [0.2, 0.25) is 0 Å². The van der Waals surface area contributed by atoms with E-state index in [2.05, 4.69) is 0 Å². The van der Waals surface area contributed by atoms with Crippen molar-refractivity contribution >= 4 is 11.9 Å². The lowest BCUT2D eigenvalue weighted by molar-refractivity contribution is -0.137. The van der Waals surface area contributed by atoms with Gasteiger partial charge in [-0.05, 0) is 53.6 Å². The summed E-state index contributed by atoms with van der Waals surface area (Å²) in [6.45, 7) is -0.808. The van der Waals surface area contributed by atoms with Crippen molar-refractivity contribution in [1.29, 1.82) is 0 Å². The van der Waals surface area contributed by atoms with Gasteiger partial charge in [0.1, 0.15) is 36.4 Å². The van der Waals surface area contributed by atoms with E-state index in [1.165, 1.54) is 24.3 Å². The van der Waals surface area contributed by atoms with Gasteiger partial charge in [0.05, 0.1) is 0 Å². The second-order valence-corrected chi connectivity index (χ2v) is 6.78. The number of carbonyl (C=O) groups excluding carboxylic acids is 1. The third kappa shape index (κ3) is 6.33. The summed E-state index contributed by atoms with van der Waals surface area (Å²) < 4.78 is 45.6. The van der Waals surface area contributed by atoms with E-state index < -0.39 is 30.1 Å². The molecule has 0 bridgehead atoms. The molecule has 0 heterocycles. The first-order valence-corrected chi connectivity index (χ1v) is 9.23. The number of carbonyl (C=O) groups is 2. The molecule has 0 radical (unpaired) electrons. The molecule has 0 aliphatic heterocycles. The molecule has 0 saturated carbocycles. The molecule has 1 amide bonds. The molecule has 8 heteroatoms. The van der Waals surface area contributed by atoms with Crippen LogP contribution in [-0.4, -0.2) is 28.4 Å². The molecule has 1 N–H and O–H groups in total. The summed E-state index contributed by atoms with van der Waals surface area (Å²) in [5, 5.41) is 9.16. The number of halogens is 3. The predicted molar refractivity (Wildman–Crippen MR) is 106 cm³/mol. The molecule has 5 nitrogen and oxygen atoms in total. The molecule has 160 valence electrons. The van der Waals surface area contributed by atoms with Gasteiger partial charge in [0.15, 0.2) is 0 Å². The average Bonchev–Trinajstić information content (AvgIpc) is 2.71. The van der Waals surface area contributed by atoms with E-state index in [9.17, 15) is 22.8 Å². The standard InChI is InChI=1S/C23H18F3NO4/c24-18-6-4-15(5-7-18)14-31-21-3-1-2-17(10-21)23(30)27(13-22(28)29)12-16-8-19(25)11-20(26)9-16/h1-11H,12-14H2,(H,28,29). The molecule has 0 aliphatic rings. The van der Waals surface area contributed by atoms with E-state index in [0.29, 0.717) is 11.8 Å². The zero-order valence-electron chi connectivity index (χ0n) is 16.2. The highest BCUT2D eigenvalue weighted by atomic mass is 19.1. The highest BCUT2D eigenvalue weighted by Crippen LogP contribution is 2.19. The van der Waals surface area contributed by atoms with E-state index in [4.69, 9.17) is 9.84 Å². The number of benzene rings is 3. The van der Waals surface area contributed by atoms with Gasteiger partial charge in [0, 0.05) is 18.2 Å². The second-order valence-electron chi connectivity index (χ2n) is 6.78. The first kappa shape index (κ1) is 21.9. The largest absolute Gasteiger partial charge is 0.489 e. The van der Waals surface area contributed by atoms with E-state index in [1.807, 2.05) is 0 Å². The Bertz CT molecular complexity index is 1070. The van der Waals surface area contributed by atoms with Crippen LogP contribution in [0, 0.1) is 17.5 Å². The third-order valence-electron chi connectivity index (χ3n) is 4.31. The topological polar surface area (TPSA) is 66.8 Å². The van der Waals surface area contributed by atoms with Gasteiger partial charge in [-0.1, -0.05) is 18.2 Å². The maximum absolute atomic E-state index is 13.5. The Kier molecular flexibility index (Phi) is 6.92. The van der Waals surface area contributed by atoms with Gasteiger partial charge < -0.3 is 14.7 Å². The van der Waals surface area contributed by atoms with Crippen molar-refractivity contribution in [3.63, 3.8) is 0 Å². The molecule has 3 aromatic carbocycles. The number of hydrogen-bond acceptors (Lipinski definition) is 3. The highest BCUT2D eigenvalue weighted by Gasteiger charge is 2.20. The normalized spacial score (nSPS) is 10.5. The smallest absolute Gasteiger partial charge is 0.323 e. The highest BCUT2D eigenvalue weighted by molar-refractivity contribution is 5.96. The van der Waals surface area contributed by atoms with Gasteiger partial charge in [-0.2, -0.15) is 0 Å². The number of carboxylic acid groups (broad SMARTS) is 1. The number of rotatable bonds is 8. The maximum atomic E-state index is 13.5. The Morgan fingerprint density at radius 2 is 1.52 bits per heavy atom. The zero-order chi connectivity index (χ0) is 22.4. The number of nitrogens with zero attached hydrogens (tertiary/aromatic N) is 1. The Hall–Kier alpha value is -3.81. The van der Waals surface area contributed by atoms with Crippen LogP contribution in [0.5, 0.6) is 5.75 Å². The van der Waals surface area contributed by atoms with E-state index in [-0.39, 0.29) is 30.1 Å². The maximum Gasteiger partial charge on any atom is 0.323 e. The summed E-state index contributed by atoms with van der Waals surface area (Å²) in [5.74, 6) is -3.58. The van der Waals surface area contributed by atoms with Crippen molar-refractivity contribution in [2.24, 2.45) is 0 Å². The summed E-state index contributed by atoms with van der Waals surface area (Å²) in [4.78, 5) is 25.1. The lowest BCUT2D eigenvalue weighted by Gasteiger charge is -2.21. The minimum atomic E-state index is -1.27. The lowest BCUT2D eigenvalue weighted by atomic mass is 10.1. The molecule has 0 saturated heterocycles. The van der Waals surface area contributed by atoms with Crippen molar-refractivity contribution in [2.45, 2.75) is 13.2 Å². The van der Waals surface area contributed by atoms with Crippen LogP contribution in [0.25, 0.3) is 0 Å². The van der Waals surface area contributed by atoms with Gasteiger partial charge in [0.25, 0.3) is 5.91 Å². The number of carboxylic acids is 1. The first-order chi connectivity index (χ1) is 14.8. The number of ether oxygens (including phenoxy) is 1. The Morgan fingerprint density at radius 1 is 0.839 bits per heavy atom. The molecule has 0 aliphatic carbocycles. The van der Waals surface area contributed by atoms with Crippen molar-refractivity contribution in [2.75, 3.05) is 6.54 Å². The van der Waals surface area contributed by atoms with Crippen LogP contribution in [-0.2, 0) is 17.9 Å². The van der Waals surface area contributed by atoms with Gasteiger partial charge in [-0.15, -0.1) is 0 Å². The fourth-order valence-electron chi connectivity index (χ4n) is 2.93. The van der Waals surface area contributed by atoms with Crippen LogP contribution in [0.4, 0.5) is 13.2 Å². The van der Waals surface area contributed by atoms with Crippen LogP contribution in [0.3, 0.4) is 0 Å². The van der Waals surface area contributed by atoms with Crippen LogP contribution in [0.15, 0.2) is 66.7 Å². The Balaban J connectivity index is 1.76. The van der Waals surface area contributed by atoms with Crippen molar-refractivity contribution < 1.29 is 32.6 Å². The monoisotopic (exact) mass is 429 g/mol. The van der Waals surface area contributed by atoms with Gasteiger partial charge >= 0.3 is 5.97 Å². The van der Waals surface area contributed by atoms with Gasteiger partial charge in [0.2, 0.25) is 0 Å². The Morgan fingerprint density at radius 3 is 2.16 bits per heavy atom. The summed E-state index contributed by atoms with van der Waals surface area (Å²) in [5.41, 5.74) is 0.990. The lowest BCUT2D eigenvalue weighted by Crippen LogP contribution is -2.35. The van der Waals surface area contributed by atoms with Crippen LogP contribution in [0.1, 0.15) is 21.5 Å². The molecule has 0 spiro atoms. The quantitative estimate of drug-likeness (QED) is 0.576. The first-order valence-electron chi connectivity index (χ1n) is 9.23. The summed E-state index contributed by atoms with van der Waals surface area (Å²) in [7, 11) is 0. The van der Waals surface area contributed by atoms with E-state index in [0.717, 1.165) is 22.6 Å². The molecule has 0 atom stereocenters. The molecule has 0 aromatic heterocycles. The van der Waals surface area contributed by atoms with Crippen LogP contribution < -0.4 is 4.74 Å². The summed E-state index contributed by atoms with van der Waals surface area (Å²) in [6.07, 6.45) is 0. The molecular formula is C23H18F3NO4. The minimum absolute atomic E-state index is 0.121. The molecule has 3 rings (SSSR count). The molecular weight excluding hydrogens is 411 g/mol. The third-order valence-corrected chi connectivity index (χ3v) is 4.31. The number of aliphatic carboxylic acids is 1. The van der Waals surface area contributed by atoms with E-state index >= 15 is 0 Å². The fourth-order valence-corrected chi connectivity index (χ4v) is 2.93. The molecule has 0 fully saturated rings. The minimum Gasteiger partial charge on any atom is -0.489 e. The molecule has 0 unspecified atom stereocenters. The summed E-state index contributed by atoms with van der Waals surface area (Å²) >= 11 is 0. The molecule has 3 aromatic rings. The van der Waals surface area contributed by atoms with Crippen molar-refractivity contribution in [3.8, 4) is 5.75 Å². The van der Waals surface area contributed by atoms with Crippen molar-refractivity contribution in [1.82, 2.24) is 4.90 Å². The van der Waals surface area contributed by atoms with Crippen LogP contribution >= 0.6 is 0 Å². The summed E-state index contributed by atoms with van der Waals surface area (Å²) in [6, 6.07) is 14.6. The van der Waals surface area contributed by atoms with E-state index in [1.54, 1.807) is 24.3 Å². The Labute approximate surface area is 176 Å². The fraction of sp³-hybridized carbons (Fsp3) is 0.130. The number of amides is 1. The number of hydrogen-bond donors (Lipinski definition) is 1. The predicted octanol–water partition coefficient (Wildman–Crippen LogP) is 4.41. The van der Waals surface area contributed by atoms with Crippen molar-refractivity contribution in [3.05, 3.63) is 101 Å². The second kappa shape index (κ2) is 9.80. The van der Waals surface area contributed by atoms with Gasteiger partial charge in [-0.25, -0.2) is 13.2 Å². The van der Waals surface area contributed by atoms with Gasteiger partial charge in [-0.3, -0.25) is 9.59 Å². The SMILES string of the molecule is O=C(O)CN(Cc1cc(F)cc(F)c1)C(=O)c1cccc(OCc2ccc(F)cc2)c1. The zero-order valence-corrected chi connectivity index (χ0v) is 16.2.